The zero-order chi connectivity index (χ0) is 26.0. The zero-order valence-electron chi connectivity index (χ0n) is 20.7. The molecule has 1 saturated heterocycles. The Hall–Kier alpha value is -3.67. The van der Waals surface area contributed by atoms with Crippen molar-refractivity contribution in [2.75, 3.05) is 65.8 Å². The van der Waals surface area contributed by atoms with E-state index in [1.54, 1.807) is 9.80 Å². The molecule has 0 bridgehead atoms. The van der Waals surface area contributed by atoms with Crippen molar-refractivity contribution in [1.82, 2.24) is 20.5 Å². The SMILES string of the molecule is NNC(=O)N1CCN(C(=O)COCCOCCNC(=O)OCC2c3ccccc3-c3ccccc32)CC1. The van der Waals surface area contributed by atoms with Crippen molar-refractivity contribution in [3.63, 3.8) is 0 Å². The molecule has 4 N–H and O–H groups in total. The van der Waals surface area contributed by atoms with Gasteiger partial charge in [0.1, 0.15) is 13.2 Å². The van der Waals surface area contributed by atoms with E-state index in [9.17, 15) is 14.4 Å². The number of urea groups is 1. The molecule has 0 unspecified atom stereocenters. The number of hydrazine groups is 1. The number of nitrogens with two attached hydrogens (primary N) is 1. The first-order valence-electron chi connectivity index (χ1n) is 12.4. The van der Waals surface area contributed by atoms with Gasteiger partial charge in [0.15, 0.2) is 0 Å². The van der Waals surface area contributed by atoms with Crippen LogP contribution in [0.2, 0.25) is 0 Å². The number of benzene rings is 2. The Balaban J connectivity index is 1.05. The summed E-state index contributed by atoms with van der Waals surface area (Å²) in [5.41, 5.74) is 6.79. The molecule has 2 aromatic rings. The lowest BCUT2D eigenvalue weighted by atomic mass is 9.98. The minimum absolute atomic E-state index is 0.0172. The molecule has 0 atom stereocenters. The van der Waals surface area contributed by atoms with E-state index in [1.807, 2.05) is 24.3 Å². The third kappa shape index (κ3) is 6.76. The Morgan fingerprint density at radius 1 is 0.838 bits per heavy atom. The molecule has 1 heterocycles. The predicted octanol–water partition coefficient (Wildman–Crippen LogP) is 1.29. The van der Waals surface area contributed by atoms with Crippen molar-refractivity contribution in [3.8, 4) is 11.1 Å². The van der Waals surface area contributed by atoms with Gasteiger partial charge in [-0.1, -0.05) is 48.5 Å². The number of nitrogens with one attached hydrogen (secondary N) is 2. The van der Waals surface area contributed by atoms with Crippen LogP contribution in [0.15, 0.2) is 48.5 Å². The van der Waals surface area contributed by atoms with Crippen LogP contribution in [0.1, 0.15) is 17.0 Å². The zero-order valence-corrected chi connectivity index (χ0v) is 20.7. The van der Waals surface area contributed by atoms with Gasteiger partial charge in [0.25, 0.3) is 0 Å². The van der Waals surface area contributed by atoms with Crippen molar-refractivity contribution >= 4 is 18.0 Å². The van der Waals surface area contributed by atoms with Gasteiger partial charge in [0.2, 0.25) is 5.91 Å². The molecule has 1 aliphatic carbocycles. The summed E-state index contributed by atoms with van der Waals surface area (Å²) in [5, 5.41) is 2.69. The van der Waals surface area contributed by atoms with Gasteiger partial charge in [-0.25, -0.2) is 15.4 Å². The molecule has 11 heteroatoms. The van der Waals surface area contributed by atoms with Gasteiger partial charge < -0.3 is 29.3 Å². The lowest BCUT2D eigenvalue weighted by molar-refractivity contribution is -0.138. The van der Waals surface area contributed by atoms with Crippen LogP contribution in [-0.4, -0.2) is 93.6 Å². The van der Waals surface area contributed by atoms with Crippen LogP contribution in [0.25, 0.3) is 11.1 Å². The normalized spacial score (nSPS) is 14.6. The molecule has 11 nitrogen and oxygen atoms in total. The predicted molar refractivity (Wildman–Crippen MR) is 136 cm³/mol. The topological polar surface area (TPSA) is 135 Å². The Bertz CT molecular complexity index is 1040. The van der Waals surface area contributed by atoms with Gasteiger partial charge >= 0.3 is 12.1 Å². The quantitative estimate of drug-likeness (QED) is 0.189. The molecule has 0 radical (unpaired) electrons. The summed E-state index contributed by atoms with van der Waals surface area (Å²) in [7, 11) is 0. The maximum Gasteiger partial charge on any atom is 0.407 e. The summed E-state index contributed by atoms with van der Waals surface area (Å²) in [6.45, 7) is 3.09. The molecule has 0 saturated carbocycles. The second-order valence-electron chi connectivity index (χ2n) is 8.73. The lowest BCUT2D eigenvalue weighted by Gasteiger charge is -2.34. The number of carbonyl (C=O) groups is 3. The summed E-state index contributed by atoms with van der Waals surface area (Å²) >= 11 is 0. The monoisotopic (exact) mass is 511 g/mol. The Labute approximate surface area is 215 Å². The van der Waals surface area contributed by atoms with Crippen LogP contribution in [0.5, 0.6) is 0 Å². The molecule has 0 spiro atoms. The minimum Gasteiger partial charge on any atom is -0.449 e. The second-order valence-corrected chi connectivity index (χ2v) is 8.73. The molecule has 1 fully saturated rings. The highest BCUT2D eigenvalue weighted by molar-refractivity contribution is 5.79. The van der Waals surface area contributed by atoms with Gasteiger partial charge in [0.05, 0.1) is 19.8 Å². The summed E-state index contributed by atoms with van der Waals surface area (Å²) in [4.78, 5) is 39.1. The number of fused-ring (bicyclic) bond motifs is 3. The number of hydrogen-bond acceptors (Lipinski definition) is 7. The maximum atomic E-state index is 12.2. The standard InChI is InChI=1S/C26H33N5O6/c27-29-25(33)31-12-10-30(11-13-31)24(32)18-36-16-15-35-14-9-28-26(34)37-17-23-21-7-3-1-5-19(21)20-6-2-4-8-22(20)23/h1-8,23H,9-18,27H2,(H,28,34)(H,29,33). The number of hydrogen-bond donors (Lipinski definition) is 3. The molecule has 2 aromatic carbocycles. The molecule has 4 rings (SSSR count). The van der Waals surface area contributed by atoms with Crippen LogP contribution in [0.3, 0.4) is 0 Å². The number of alkyl carbamates (subject to hydrolysis) is 1. The van der Waals surface area contributed by atoms with Crippen LogP contribution in [0.4, 0.5) is 9.59 Å². The molecule has 1 aliphatic heterocycles. The fourth-order valence-corrected chi connectivity index (χ4v) is 4.60. The van der Waals surface area contributed by atoms with E-state index in [0.29, 0.717) is 45.9 Å². The van der Waals surface area contributed by atoms with Crippen molar-refractivity contribution in [2.45, 2.75) is 5.92 Å². The highest BCUT2D eigenvalue weighted by Crippen LogP contribution is 2.44. The molecule has 2 aliphatic rings. The van der Waals surface area contributed by atoms with E-state index in [4.69, 9.17) is 20.1 Å². The van der Waals surface area contributed by atoms with Crippen molar-refractivity contribution in [3.05, 3.63) is 59.7 Å². The fraction of sp³-hybridized carbons (Fsp3) is 0.423. The molecular formula is C26H33N5O6. The third-order valence-electron chi connectivity index (χ3n) is 6.50. The lowest BCUT2D eigenvalue weighted by Crippen LogP contribution is -2.54. The fourth-order valence-electron chi connectivity index (χ4n) is 4.60. The van der Waals surface area contributed by atoms with Gasteiger partial charge in [-0.3, -0.25) is 10.2 Å². The summed E-state index contributed by atoms with van der Waals surface area (Å²) in [5.74, 6) is 5.00. The van der Waals surface area contributed by atoms with Gasteiger partial charge in [-0.05, 0) is 22.3 Å². The molecule has 37 heavy (non-hydrogen) atoms. The largest absolute Gasteiger partial charge is 0.449 e. The Kier molecular flexibility index (Phi) is 9.30. The molecule has 4 amide bonds. The highest BCUT2D eigenvalue weighted by Gasteiger charge is 2.29. The van der Waals surface area contributed by atoms with Crippen LogP contribution >= 0.6 is 0 Å². The summed E-state index contributed by atoms with van der Waals surface area (Å²) < 4.78 is 16.3. The van der Waals surface area contributed by atoms with Crippen LogP contribution < -0.4 is 16.6 Å². The molecule has 0 aromatic heterocycles. The third-order valence-corrected chi connectivity index (χ3v) is 6.50. The molecular weight excluding hydrogens is 478 g/mol. The van der Waals surface area contributed by atoms with E-state index in [1.165, 1.54) is 22.3 Å². The van der Waals surface area contributed by atoms with E-state index in [0.717, 1.165) is 0 Å². The smallest absolute Gasteiger partial charge is 0.407 e. The van der Waals surface area contributed by atoms with Crippen molar-refractivity contribution in [2.24, 2.45) is 5.84 Å². The molecule has 198 valence electrons. The first kappa shape index (κ1) is 26.4. The van der Waals surface area contributed by atoms with E-state index in [-0.39, 0.29) is 37.7 Å². The van der Waals surface area contributed by atoms with E-state index < -0.39 is 6.09 Å². The number of amides is 4. The Morgan fingerprint density at radius 3 is 2.08 bits per heavy atom. The van der Waals surface area contributed by atoms with Crippen molar-refractivity contribution < 1.29 is 28.6 Å². The number of carbonyl (C=O) groups excluding carboxylic acids is 3. The van der Waals surface area contributed by atoms with Gasteiger partial charge in [-0.2, -0.15) is 0 Å². The summed E-state index contributed by atoms with van der Waals surface area (Å²) in [6.07, 6.45) is -0.489. The number of nitrogens with zero attached hydrogens (tertiary/aromatic N) is 2. The van der Waals surface area contributed by atoms with Crippen LogP contribution in [0, 0.1) is 0 Å². The number of ether oxygens (including phenoxy) is 3. The first-order valence-corrected chi connectivity index (χ1v) is 12.4. The first-order chi connectivity index (χ1) is 18.1. The van der Waals surface area contributed by atoms with E-state index in [2.05, 4.69) is 35.0 Å². The Morgan fingerprint density at radius 2 is 1.43 bits per heavy atom. The minimum atomic E-state index is -0.489. The highest BCUT2D eigenvalue weighted by atomic mass is 16.6. The number of piperazine rings is 1. The average molecular weight is 512 g/mol. The maximum absolute atomic E-state index is 12.2. The van der Waals surface area contributed by atoms with Gasteiger partial charge in [-0.15, -0.1) is 0 Å². The average Bonchev–Trinajstić information content (AvgIpc) is 3.26. The van der Waals surface area contributed by atoms with Gasteiger partial charge in [0, 0.05) is 38.6 Å². The second kappa shape index (κ2) is 13.0. The number of rotatable bonds is 10. The van der Waals surface area contributed by atoms with E-state index >= 15 is 0 Å². The van der Waals surface area contributed by atoms with Crippen LogP contribution in [-0.2, 0) is 19.0 Å². The summed E-state index contributed by atoms with van der Waals surface area (Å²) in [6, 6.07) is 16.0. The van der Waals surface area contributed by atoms with Crippen molar-refractivity contribution in [1.29, 1.82) is 0 Å².